The molecule has 0 aliphatic rings. The summed E-state index contributed by atoms with van der Waals surface area (Å²) >= 11 is 0. The maximum atomic E-state index is 10.7. The number of hydrogen-bond acceptors (Lipinski definition) is 4. The Kier molecular flexibility index (Phi) is 7.80. The lowest BCUT2D eigenvalue weighted by Crippen LogP contribution is -2.04. The first-order chi connectivity index (χ1) is 8.08. The van der Waals surface area contributed by atoms with Gasteiger partial charge in [0.2, 0.25) is 0 Å². The van der Waals surface area contributed by atoms with E-state index < -0.39 is 0 Å². The van der Waals surface area contributed by atoms with E-state index in [1.165, 1.54) is 14.0 Å². The molecule has 4 nitrogen and oxygen atoms in total. The first-order valence-corrected chi connectivity index (χ1v) is 5.57. The van der Waals surface area contributed by atoms with Gasteiger partial charge in [-0.3, -0.25) is 4.79 Å². The minimum absolute atomic E-state index is 0.314. The Morgan fingerprint density at radius 1 is 1.18 bits per heavy atom. The highest BCUT2D eigenvalue weighted by atomic mass is 16.5. The van der Waals surface area contributed by atoms with Gasteiger partial charge in [0, 0.05) is 6.92 Å². The molecule has 0 aliphatic heterocycles. The van der Waals surface area contributed by atoms with Crippen LogP contribution >= 0.6 is 0 Å². The Hall–Kier alpha value is -1.55. The summed E-state index contributed by atoms with van der Waals surface area (Å²) in [6, 6.07) is 7.02. The number of esters is 1. The molecule has 0 spiro atoms. The van der Waals surface area contributed by atoms with Crippen LogP contribution in [0.3, 0.4) is 0 Å². The van der Waals surface area contributed by atoms with Crippen molar-refractivity contribution in [3.8, 4) is 11.5 Å². The molecular formula is C13H21NO3. The average Bonchev–Trinajstić information content (AvgIpc) is 2.30. The second kappa shape index (κ2) is 8.58. The van der Waals surface area contributed by atoms with Gasteiger partial charge in [-0.25, -0.2) is 0 Å². The number of nitrogens with two attached hydrogens (primary N) is 1. The second-order valence-corrected chi connectivity index (χ2v) is 3.77. The van der Waals surface area contributed by atoms with Gasteiger partial charge in [-0.1, -0.05) is 13.8 Å². The molecule has 0 saturated carbocycles. The fourth-order valence-electron chi connectivity index (χ4n) is 1.03. The van der Waals surface area contributed by atoms with Crippen LogP contribution in [0.25, 0.3) is 0 Å². The van der Waals surface area contributed by atoms with Crippen molar-refractivity contribution in [2.24, 2.45) is 11.7 Å². The highest BCUT2D eigenvalue weighted by molar-refractivity contribution is 5.69. The maximum absolute atomic E-state index is 10.7. The van der Waals surface area contributed by atoms with Gasteiger partial charge in [0.25, 0.3) is 0 Å². The van der Waals surface area contributed by atoms with Gasteiger partial charge in [0.15, 0.2) is 0 Å². The Balaban J connectivity index is 0.00000121. The molecule has 2 N–H and O–H groups in total. The lowest BCUT2D eigenvalue weighted by molar-refractivity contribution is -0.131. The first-order valence-electron chi connectivity index (χ1n) is 5.57. The fourth-order valence-corrected chi connectivity index (χ4v) is 1.03. The molecule has 0 bridgehead atoms. The van der Waals surface area contributed by atoms with Crippen LogP contribution in [0.15, 0.2) is 24.3 Å². The van der Waals surface area contributed by atoms with E-state index in [1.54, 1.807) is 24.3 Å². The van der Waals surface area contributed by atoms with Crippen molar-refractivity contribution in [2.45, 2.75) is 20.8 Å². The van der Waals surface area contributed by atoms with Crippen LogP contribution in [-0.4, -0.2) is 19.6 Å². The number of ether oxygens (including phenoxy) is 2. The number of carbonyl (C=O) groups is 1. The zero-order valence-electron chi connectivity index (χ0n) is 10.9. The Bertz CT molecular complexity index is 320. The number of benzene rings is 1. The van der Waals surface area contributed by atoms with E-state index in [9.17, 15) is 4.79 Å². The molecule has 96 valence electrons. The topological polar surface area (TPSA) is 61.5 Å². The molecule has 4 heteroatoms. The molecule has 0 radical (unpaired) electrons. The van der Waals surface area contributed by atoms with Crippen LogP contribution in [0.2, 0.25) is 0 Å². The summed E-state index contributed by atoms with van der Waals surface area (Å²) in [4.78, 5) is 10.7. The molecule has 0 aliphatic carbocycles. The van der Waals surface area contributed by atoms with Crippen molar-refractivity contribution in [3.05, 3.63) is 24.3 Å². The minimum Gasteiger partial charge on any atom is -0.493 e. The highest BCUT2D eigenvalue weighted by Gasteiger charge is 1.99. The van der Waals surface area contributed by atoms with Crippen LogP contribution in [0.5, 0.6) is 11.5 Å². The normalized spacial score (nSPS) is 9.29. The molecule has 0 fully saturated rings. The van der Waals surface area contributed by atoms with Crippen LogP contribution in [0, 0.1) is 5.92 Å². The van der Waals surface area contributed by atoms with Crippen molar-refractivity contribution in [1.82, 2.24) is 0 Å². The van der Waals surface area contributed by atoms with Gasteiger partial charge in [0.1, 0.15) is 11.5 Å². The molecule has 1 aromatic rings. The molecule has 0 heterocycles. The maximum Gasteiger partial charge on any atom is 0.308 e. The van der Waals surface area contributed by atoms with Gasteiger partial charge < -0.3 is 15.2 Å². The van der Waals surface area contributed by atoms with E-state index in [-0.39, 0.29) is 5.97 Å². The Morgan fingerprint density at radius 2 is 1.65 bits per heavy atom. The number of hydrogen-bond donors (Lipinski definition) is 1. The van der Waals surface area contributed by atoms with E-state index in [0.29, 0.717) is 18.3 Å². The second-order valence-electron chi connectivity index (χ2n) is 3.77. The van der Waals surface area contributed by atoms with Crippen LogP contribution in [-0.2, 0) is 4.79 Å². The first kappa shape index (κ1) is 15.4. The SMILES string of the molecule is CC(=O)Oc1ccc(OCC(C)C)cc1.CN. The standard InChI is InChI=1S/C12H16O3.CH5N/c1-9(2)8-14-11-4-6-12(7-5-11)15-10(3)13;1-2/h4-7,9H,8H2,1-3H3;2H2,1H3. The fraction of sp³-hybridized carbons (Fsp3) is 0.462. The molecule has 1 aromatic carbocycles. The average molecular weight is 239 g/mol. The van der Waals surface area contributed by atoms with Gasteiger partial charge in [-0.15, -0.1) is 0 Å². The molecule has 0 unspecified atom stereocenters. The van der Waals surface area contributed by atoms with Gasteiger partial charge >= 0.3 is 5.97 Å². The lowest BCUT2D eigenvalue weighted by atomic mass is 10.2. The van der Waals surface area contributed by atoms with Crippen molar-refractivity contribution in [3.63, 3.8) is 0 Å². The van der Waals surface area contributed by atoms with Gasteiger partial charge in [-0.2, -0.15) is 0 Å². The van der Waals surface area contributed by atoms with Crippen LogP contribution in [0.1, 0.15) is 20.8 Å². The van der Waals surface area contributed by atoms with Crippen molar-refractivity contribution in [2.75, 3.05) is 13.7 Å². The van der Waals surface area contributed by atoms with E-state index in [1.807, 2.05) is 0 Å². The lowest BCUT2D eigenvalue weighted by Gasteiger charge is -2.08. The van der Waals surface area contributed by atoms with Crippen LogP contribution in [0.4, 0.5) is 0 Å². The molecule has 0 atom stereocenters. The summed E-state index contributed by atoms with van der Waals surface area (Å²) in [5.41, 5.74) is 4.50. The quantitative estimate of drug-likeness (QED) is 0.646. The smallest absolute Gasteiger partial charge is 0.308 e. The van der Waals surface area contributed by atoms with E-state index in [0.717, 1.165) is 5.75 Å². The third kappa shape index (κ3) is 7.36. The van der Waals surface area contributed by atoms with Gasteiger partial charge in [0.05, 0.1) is 6.61 Å². The summed E-state index contributed by atoms with van der Waals surface area (Å²) in [7, 11) is 1.50. The van der Waals surface area contributed by atoms with Gasteiger partial charge in [-0.05, 0) is 37.2 Å². The van der Waals surface area contributed by atoms with E-state index >= 15 is 0 Å². The molecule has 1 rings (SSSR count). The molecule has 0 aromatic heterocycles. The number of carbonyl (C=O) groups excluding carboxylic acids is 1. The Morgan fingerprint density at radius 3 is 2.06 bits per heavy atom. The van der Waals surface area contributed by atoms with Crippen molar-refractivity contribution in [1.29, 1.82) is 0 Å². The molecule has 0 saturated heterocycles. The third-order valence-electron chi connectivity index (χ3n) is 1.67. The summed E-state index contributed by atoms with van der Waals surface area (Å²) in [5.74, 6) is 1.52. The molecule has 17 heavy (non-hydrogen) atoms. The van der Waals surface area contributed by atoms with Crippen molar-refractivity contribution < 1.29 is 14.3 Å². The minimum atomic E-state index is -0.314. The highest BCUT2D eigenvalue weighted by Crippen LogP contribution is 2.18. The largest absolute Gasteiger partial charge is 0.493 e. The molecular weight excluding hydrogens is 218 g/mol. The predicted octanol–water partition coefficient (Wildman–Crippen LogP) is 2.22. The Labute approximate surface area is 103 Å². The summed E-state index contributed by atoms with van der Waals surface area (Å²) < 4.78 is 10.4. The summed E-state index contributed by atoms with van der Waals surface area (Å²) in [6.45, 7) is 6.25. The zero-order chi connectivity index (χ0) is 13.3. The molecule has 0 amide bonds. The predicted molar refractivity (Wildman–Crippen MR) is 68.2 cm³/mol. The summed E-state index contributed by atoms with van der Waals surface area (Å²) in [6.07, 6.45) is 0. The monoisotopic (exact) mass is 239 g/mol. The van der Waals surface area contributed by atoms with E-state index in [2.05, 4.69) is 19.6 Å². The third-order valence-corrected chi connectivity index (χ3v) is 1.67. The van der Waals surface area contributed by atoms with Crippen LogP contribution < -0.4 is 15.2 Å². The van der Waals surface area contributed by atoms with E-state index in [4.69, 9.17) is 9.47 Å². The summed E-state index contributed by atoms with van der Waals surface area (Å²) in [5, 5.41) is 0. The van der Waals surface area contributed by atoms with Crippen molar-refractivity contribution >= 4 is 5.97 Å². The zero-order valence-corrected chi connectivity index (χ0v) is 10.9. The number of rotatable bonds is 4.